The van der Waals surface area contributed by atoms with Gasteiger partial charge in [0.2, 0.25) is 0 Å². The van der Waals surface area contributed by atoms with E-state index in [2.05, 4.69) is 10.3 Å². The number of hydrogen-bond donors (Lipinski definition) is 1. The quantitative estimate of drug-likeness (QED) is 0.452. The maximum absolute atomic E-state index is 12.3. The molecule has 2 aromatic rings. The van der Waals surface area contributed by atoms with E-state index in [0.717, 1.165) is 0 Å². The van der Waals surface area contributed by atoms with Crippen molar-refractivity contribution in [2.24, 2.45) is 0 Å². The highest BCUT2D eigenvalue weighted by atomic mass is 16.6. The van der Waals surface area contributed by atoms with Crippen molar-refractivity contribution in [1.29, 1.82) is 0 Å². The van der Waals surface area contributed by atoms with Crippen molar-refractivity contribution in [3.05, 3.63) is 64.0 Å². The summed E-state index contributed by atoms with van der Waals surface area (Å²) in [5.41, 5.74) is 0.367. The molecule has 1 heterocycles. The molecular formula is C17H17N3O6. The minimum Gasteiger partial charge on any atom is -0.496 e. The second-order valence-electron chi connectivity index (χ2n) is 5.22. The molecule has 0 aliphatic carbocycles. The van der Waals surface area contributed by atoms with E-state index in [1.165, 1.54) is 44.7 Å². The van der Waals surface area contributed by atoms with Crippen LogP contribution in [-0.2, 0) is 16.0 Å². The predicted molar refractivity (Wildman–Crippen MR) is 90.9 cm³/mol. The number of nitrogens with one attached hydrogen (secondary N) is 1. The monoisotopic (exact) mass is 359 g/mol. The number of carbonyl (C=O) groups excluding carboxylic acids is 2. The molecule has 0 fully saturated rings. The molecule has 2 rings (SSSR count). The number of methoxy groups -OCH3 is 2. The second-order valence-corrected chi connectivity index (χ2v) is 5.22. The minimum atomic E-state index is -1.06. The minimum absolute atomic E-state index is 0.0455. The van der Waals surface area contributed by atoms with Gasteiger partial charge in [-0.1, -0.05) is 6.07 Å². The number of aromatic nitrogens is 1. The van der Waals surface area contributed by atoms with Crippen molar-refractivity contribution in [1.82, 2.24) is 10.3 Å². The fourth-order valence-electron chi connectivity index (χ4n) is 2.32. The smallest absolute Gasteiger partial charge is 0.328 e. The van der Waals surface area contributed by atoms with E-state index in [0.29, 0.717) is 11.3 Å². The van der Waals surface area contributed by atoms with Crippen molar-refractivity contribution >= 4 is 17.6 Å². The Bertz CT molecular complexity index is 809. The molecule has 0 aliphatic heterocycles. The van der Waals surface area contributed by atoms with Gasteiger partial charge in [0.25, 0.3) is 11.6 Å². The standard InChI is InChI=1S/C17H17N3O6/c1-25-15-7-6-12(20(23)24)9-11(15)10-14(17(22)26-2)19-16(21)13-5-3-4-8-18-13/h3-9,14H,10H2,1-2H3,(H,19,21)/t14-/m0/s1. The molecule has 1 aromatic heterocycles. The van der Waals surface area contributed by atoms with Crippen molar-refractivity contribution in [3.8, 4) is 5.75 Å². The van der Waals surface area contributed by atoms with Gasteiger partial charge in [0.15, 0.2) is 0 Å². The van der Waals surface area contributed by atoms with Crippen LogP contribution in [0.2, 0.25) is 0 Å². The van der Waals surface area contributed by atoms with Gasteiger partial charge in [-0.25, -0.2) is 4.79 Å². The van der Waals surface area contributed by atoms with E-state index in [1.54, 1.807) is 12.1 Å². The molecule has 9 heteroatoms. The van der Waals surface area contributed by atoms with E-state index >= 15 is 0 Å². The summed E-state index contributed by atoms with van der Waals surface area (Å²) in [6.45, 7) is 0. The van der Waals surface area contributed by atoms with Gasteiger partial charge in [0.05, 0.1) is 19.1 Å². The number of hydrogen-bond acceptors (Lipinski definition) is 7. The summed E-state index contributed by atoms with van der Waals surface area (Å²) in [4.78, 5) is 38.7. The van der Waals surface area contributed by atoms with Gasteiger partial charge in [-0.05, 0) is 18.2 Å². The summed E-state index contributed by atoms with van der Waals surface area (Å²) >= 11 is 0. The Labute approximate surface area is 149 Å². The van der Waals surface area contributed by atoms with Crippen LogP contribution in [0.25, 0.3) is 0 Å². The van der Waals surface area contributed by atoms with E-state index in [9.17, 15) is 19.7 Å². The van der Waals surface area contributed by atoms with Crippen LogP contribution in [0.3, 0.4) is 0 Å². The SMILES string of the molecule is COC(=O)[C@H](Cc1cc([N+](=O)[O-])ccc1OC)NC(=O)c1ccccn1. The Hall–Kier alpha value is -3.49. The zero-order valence-electron chi connectivity index (χ0n) is 14.2. The van der Waals surface area contributed by atoms with Gasteiger partial charge in [0, 0.05) is 30.3 Å². The summed E-state index contributed by atoms with van der Waals surface area (Å²) in [6, 6.07) is 7.75. The Morgan fingerprint density at radius 2 is 2.04 bits per heavy atom. The molecule has 0 aliphatic rings. The highest BCUT2D eigenvalue weighted by molar-refractivity contribution is 5.95. The lowest BCUT2D eigenvalue weighted by Crippen LogP contribution is -2.43. The number of nitro groups is 1. The first-order valence-electron chi connectivity index (χ1n) is 7.57. The van der Waals surface area contributed by atoms with Gasteiger partial charge >= 0.3 is 5.97 Å². The van der Waals surface area contributed by atoms with Gasteiger partial charge < -0.3 is 14.8 Å². The zero-order chi connectivity index (χ0) is 19.1. The third kappa shape index (κ3) is 4.53. The van der Waals surface area contributed by atoms with Crippen molar-refractivity contribution < 1.29 is 24.0 Å². The van der Waals surface area contributed by atoms with Crippen LogP contribution in [-0.4, -0.2) is 42.0 Å². The predicted octanol–water partition coefficient (Wildman–Crippen LogP) is 1.51. The fraction of sp³-hybridized carbons (Fsp3) is 0.235. The first-order valence-corrected chi connectivity index (χ1v) is 7.57. The molecule has 0 saturated carbocycles. The number of ether oxygens (including phenoxy) is 2. The topological polar surface area (TPSA) is 121 Å². The lowest BCUT2D eigenvalue weighted by molar-refractivity contribution is -0.384. The molecule has 0 saturated heterocycles. The number of esters is 1. The summed E-state index contributed by atoms with van der Waals surface area (Å²) < 4.78 is 9.91. The molecule has 136 valence electrons. The first-order chi connectivity index (χ1) is 12.5. The number of rotatable bonds is 7. The molecule has 26 heavy (non-hydrogen) atoms. The number of amides is 1. The lowest BCUT2D eigenvalue weighted by atomic mass is 10.0. The molecule has 0 bridgehead atoms. The van der Waals surface area contributed by atoms with Crippen LogP contribution < -0.4 is 10.1 Å². The normalized spacial score (nSPS) is 11.3. The average Bonchev–Trinajstić information content (AvgIpc) is 2.67. The van der Waals surface area contributed by atoms with E-state index in [-0.39, 0.29) is 17.8 Å². The van der Waals surface area contributed by atoms with E-state index in [4.69, 9.17) is 9.47 Å². The maximum atomic E-state index is 12.3. The van der Waals surface area contributed by atoms with Gasteiger partial charge in [-0.15, -0.1) is 0 Å². The van der Waals surface area contributed by atoms with E-state index in [1.807, 2.05) is 0 Å². The van der Waals surface area contributed by atoms with Crippen LogP contribution in [0, 0.1) is 10.1 Å². The molecule has 1 aromatic carbocycles. The third-order valence-electron chi connectivity index (χ3n) is 3.59. The van der Waals surface area contributed by atoms with Crippen molar-refractivity contribution in [3.63, 3.8) is 0 Å². The Morgan fingerprint density at radius 1 is 1.27 bits per heavy atom. The Kier molecular flexibility index (Phi) is 6.20. The maximum Gasteiger partial charge on any atom is 0.328 e. The summed E-state index contributed by atoms with van der Waals surface area (Å²) in [5, 5.41) is 13.5. The molecule has 0 spiro atoms. The molecule has 1 N–H and O–H groups in total. The molecule has 0 unspecified atom stereocenters. The lowest BCUT2D eigenvalue weighted by Gasteiger charge is -2.17. The zero-order valence-corrected chi connectivity index (χ0v) is 14.2. The van der Waals surface area contributed by atoms with Gasteiger partial charge in [0.1, 0.15) is 17.5 Å². The van der Waals surface area contributed by atoms with Crippen LogP contribution in [0.1, 0.15) is 16.1 Å². The average molecular weight is 359 g/mol. The molecule has 9 nitrogen and oxygen atoms in total. The third-order valence-corrected chi connectivity index (χ3v) is 3.59. The molecular weight excluding hydrogens is 342 g/mol. The largest absolute Gasteiger partial charge is 0.496 e. The number of carbonyl (C=O) groups is 2. The molecule has 1 atom stereocenters. The Balaban J connectivity index is 2.28. The highest BCUT2D eigenvalue weighted by Crippen LogP contribution is 2.25. The molecule has 0 radical (unpaired) electrons. The number of pyridine rings is 1. The number of nitrogens with zero attached hydrogens (tertiary/aromatic N) is 2. The van der Waals surface area contributed by atoms with Crippen LogP contribution in [0.4, 0.5) is 5.69 Å². The Morgan fingerprint density at radius 3 is 2.62 bits per heavy atom. The van der Waals surface area contributed by atoms with Gasteiger partial charge in [-0.3, -0.25) is 19.9 Å². The van der Waals surface area contributed by atoms with Gasteiger partial charge in [-0.2, -0.15) is 0 Å². The second kappa shape index (κ2) is 8.56. The fourth-order valence-corrected chi connectivity index (χ4v) is 2.32. The summed E-state index contributed by atoms with van der Waals surface area (Å²) in [7, 11) is 2.59. The van der Waals surface area contributed by atoms with Crippen molar-refractivity contribution in [2.75, 3.05) is 14.2 Å². The summed E-state index contributed by atoms with van der Waals surface area (Å²) in [6.07, 6.45) is 1.40. The number of nitro benzene ring substituents is 1. The van der Waals surface area contributed by atoms with Crippen LogP contribution in [0.5, 0.6) is 5.75 Å². The summed E-state index contributed by atoms with van der Waals surface area (Å²) in [5.74, 6) is -0.898. The number of benzene rings is 1. The molecule has 1 amide bonds. The highest BCUT2D eigenvalue weighted by Gasteiger charge is 2.25. The first kappa shape index (κ1) is 18.8. The van der Waals surface area contributed by atoms with Crippen LogP contribution >= 0.6 is 0 Å². The van der Waals surface area contributed by atoms with Crippen molar-refractivity contribution in [2.45, 2.75) is 12.5 Å². The number of non-ortho nitro benzene ring substituents is 1. The van der Waals surface area contributed by atoms with Crippen LogP contribution in [0.15, 0.2) is 42.6 Å². The van der Waals surface area contributed by atoms with E-state index < -0.39 is 22.8 Å².